The van der Waals surface area contributed by atoms with Crippen molar-refractivity contribution in [2.24, 2.45) is 0 Å². The second-order valence-electron chi connectivity index (χ2n) is 10.3. The molecular weight excluding hydrogens is 589 g/mol. The lowest BCUT2D eigenvalue weighted by atomic mass is 10.0. The van der Waals surface area contributed by atoms with Crippen LogP contribution in [0.25, 0.3) is 0 Å². The zero-order valence-corrected chi connectivity index (χ0v) is 25.4. The van der Waals surface area contributed by atoms with Crippen molar-refractivity contribution in [1.29, 1.82) is 0 Å². The molecule has 0 aromatic heterocycles. The molecular formula is C33H33ClFN3O4S. The van der Waals surface area contributed by atoms with E-state index in [9.17, 15) is 22.4 Å². The molecule has 10 heteroatoms. The van der Waals surface area contributed by atoms with Crippen molar-refractivity contribution in [2.45, 2.75) is 43.8 Å². The Morgan fingerprint density at radius 2 is 1.40 bits per heavy atom. The van der Waals surface area contributed by atoms with E-state index in [1.165, 1.54) is 47.4 Å². The Balaban J connectivity index is 1.80. The lowest BCUT2D eigenvalue weighted by Gasteiger charge is -2.34. The van der Waals surface area contributed by atoms with E-state index < -0.39 is 40.2 Å². The fraction of sp³-hybridized carbons (Fsp3) is 0.212. The molecule has 2 amide bonds. The fourth-order valence-electron chi connectivity index (χ4n) is 4.61. The summed E-state index contributed by atoms with van der Waals surface area (Å²) in [6.07, 6.45) is 0.170. The van der Waals surface area contributed by atoms with Gasteiger partial charge in [0, 0.05) is 19.0 Å². The second-order valence-corrected chi connectivity index (χ2v) is 12.6. The van der Waals surface area contributed by atoms with Crippen LogP contribution in [-0.2, 0) is 32.6 Å². The molecule has 7 nitrogen and oxygen atoms in total. The SMILES string of the molecule is CC(C)NC(=O)C(Cc1ccccc1)N(Cc1ccc(F)cc1)C(=O)CN(c1ccccc1Cl)S(=O)(=O)c1ccccc1. The zero-order valence-electron chi connectivity index (χ0n) is 23.9. The van der Waals surface area contributed by atoms with Crippen LogP contribution in [0.15, 0.2) is 114 Å². The van der Waals surface area contributed by atoms with Gasteiger partial charge in [0.05, 0.1) is 15.6 Å². The molecule has 0 aliphatic carbocycles. The number of carbonyl (C=O) groups is 2. The van der Waals surface area contributed by atoms with Gasteiger partial charge < -0.3 is 10.2 Å². The van der Waals surface area contributed by atoms with Gasteiger partial charge >= 0.3 is 0 Å². The molecule has 0 radical (unpaired) electrons. The fourth-order valence-corrected chi connectivity index (χ4v) is 6.35. The summed E-state index contributed by atoms with van der Waals surface area (Å²) in [5, 5.41) is 3.04. The van der Waals surface area contributed by atoms with Crippen LogP contribution in [0.4, 0.5) is 10.1 Å². The van der Waals surface area contributed by atoms with Crippen molar-refractivity contribution in [1.82, 2.24) is 10.2 Å². The minimum Gasteiger partial charge on any atom is -0.352 e. The molecule has 0 saturated carbocycles. The summed E-state index contributed by atoms with van der Waals surface area (Å²) in [6, 6.07) is 27.7. The van der Waals surface area contributed by atoms with Crippen LogP contribution in [0, 0.1) is 5.82 Å². The maximum Gasteiger partial charge on any atom is 0.264 e. The van der Waals surface area contributed by atoms with Gasteiger partial charge in [0.15, 0.2) is 0 Å². The molecule has 0 fully saturated rings. The highest BCUT2D eigenvalue weighted by Crippen LogP contribution is 2.31. The van der Waals surface area contributed by atoms with Gasteiger partial charge in [-0.1, -0.05) is 84.4 Å². The lowest BCUT2D eigenvalue weighted by Crippen LogP contribution is -2.54. The van der Waals surface area contributed by atoms with E-state index in [1.807, 2.05) is 44.2 Å². The van der Waals surface area contributed by atoms with E-state index in [4.69, 9.17) is 11.6 Å². The van der Waals surface area contributed by atoms with Crippen LogP contribution in [0.1, 0.15) is 25.0 Å². The third-order valence-electron chi connectivity index (χ3n) is 6.70. The number of hydrogen-bond acceptors (Lipinski definition) is 4. The predicted octanol–water partition coefficient (Wildman–Crippen LogP) is 5.84. The number of para-hydroxylation sites is 1. The summed E-state index contributed by atoms with van der Waals surface area (Å²) in [4.78, 5) is 29.3. The van der Waals surface area contributed by atoms with Crippen LogP contribution in [0.3, 0.4) is 0 Å². The van der Waals surface area contributed by atoms with E-state index in [0.717, 1.165) is 9.87 Å². The van der Waals surface area contributed by atoms with Crippen LogP contribution in [0.5, 0.6) is 0 Å². The number of rotatable bonds is 12. The Bertz CT molecular complexity index is 1640. The molecule has 0 bridgehead atoms. The first-order valence-electron chi connectivity index (χ1n) is 13.8. The van der Waals surface area contributed by atoms with E-state index in [0.29, 0.717) is 5.56 Å². The van der Waals surface area contributed by atoms with Crippen molar-refractivity contribution in [3.8, 4) is 0 Å². The summed E-state index contributed by atoms with van der Waals surface area (Å²) in [7, 11) is -4.26. The van der Waals surface area contributed by atoms with Crippen molar-refractivity contribution in [2.75, 3.05) is 10.8 Å². The molecule has 0 spiro atoms. The normalized spacial score (nSPS) is 12.0. The summed E-state index contributed by atoms with van der Waals surface area (Å²) < 4.78 is 42.6. The lowest BCUT2D eigenvalue weighted by molar-refractivity contribution is -0.140. The topological polar surface area (TPSA) is 86.8 Å². The molecule has 1 N–H and O–H groups in total. The third kappa shape index (κ3) is 8.21. The number of amides is 2. The predicted molar refractivity (Wildman–Crippen MR) is 167 cm³/mol. The van der Waals surface area contributed by atoms with Crippen LogP contribution in [0.2, 0.25) is 5.02 Å². The van der Waals surface area contributed by atoms with Gasteiger partial charge in [-0.05, 0) is 61.4 Å². The number of halogens is 2. The smallest absolute Gasteiger partial charge is 0.264 e. The van der Waals surface area contributed by atoms with Crippen LogP contribution >= 0.6 is 11.6 Å². The Labute approximate surface area is 257 Å². The highest BCUT2D eigenvalue weighted by atomic mass is 35.5. The van der Waals surface area contributed by atoms with Gasteiger partial charge in [-0.15, -0.1) is 0 Å². The maximum absolute atomic E-state index is 14.3. The number of hydrogen-bond donors (Lipinski definition) is 1. The molecule has 0 aliphatic rings. The Hall–Kier alpha value is -4.21. The minimum absolute atomic E-state index is 0.0220. The van der Waals surface area contributed by atoms with Gasteiger partial charge in [-0.25, -0.2) is 12.8 Å². The van der Waals surface area contributed by atoms with Crippen LogP contribution in [-0.4, -0.2) is 43.8 Å². The second kappa shape index (κ2) is 14.3. The van der Waals surface area contributed by atoms with E-state index >= 15 is 0 Å². The number of nitrogens with one attached hydrogen (secondary N) is 1. The van der Waals surface area contributed by atoms with Crippen molar-refractivity contribution < 1.29 is 22.4 Å². The van der Waals surface area contributed by atoms with E-state index in [1.54, 1.807) is 36.4 Å². The Morgan fingerprint density at radius 1 is 0.814 bits per heavy atom. The summed E-state index contributed by atoms with van der Waals surface area (Å²) >= 11 is 6.47. The molecule has 4 rings (SSSR count). The molecule has 0 heterocycles. The average Bonchev–Trinajstić information content (AvgIpc) is 2.99. The molecule has 4 aromatic carbocycles. The van der Waals surface area contributed by atoms with Gasteiger partial charge in [0.25, 0.3) is 10.0 Å². The molecule has 4 aromatic rings. The Kier molecular flexibility index (Phi) is 10.6. The minimum atomic E-state index is -4.26. The molecule has 1 atom stereocenters. The third-order valence-corrected chi connectivity index (χ3v) is 8.79. The monoisotopic (exact) mass is 621 g/mol. The largest absolute Gasteiger partial charge is 0.352 e. The van der Waals surface area contributed by atoms with Crippen molar-refractivity contribution in [3.63, 3.8) is 0 Å². The first-order chi connectivity index (χ1) is 20.6. The zero-order chi connectivity index (χ0) is 31.0. The summed E-state index contributed by atoms with van der Waals surface area (Å²) in [6.45, 7) is 2.93. The number of nitrogens with zero attached hydrogens (tertiary/aromatic N) is 2. The molecule has 0 saturated heterocycles. The number of anilines is 1. The Morgan fingerprint density at radius 3 is 2.00 bits per heavy atom. The first-order valence-corrected chi connectivity index (χ1v) is 15.6. The van der Waals surface area contributed by atoms with Crippen LogP contribution < -0.4 is 9.62 Å². The van der Waals surface area contributed by atoms with Crippen molar-refractivity contribution in [3.05, 3.63) is 131 Å². The van der Waals surface area contributed by atoms with Gasteiger partial charge in [0.2, 0.25) is 11.8 Å². The van der Waals surface area contributed by atoms with E-state index in [-0.39, 0.29) is 34.6 Å². The number of sulfonamides is 1. The maximum atomic E-state index is 14.3. The van der Waals surface area contributed by atoms with Gasteiger partial charge in [-0.2, -0.15) is 0 Å². The number of carbonyl (C=O) groups excluding carboxylic acids is 2. The van der Waals surface area contributed by atoms with Gasteiger partial charge in [0.1, 0.15) is 18.4 Å². The highest BCUT2D eigenvalue weighted by Gasteiger charge is 2.35. The summed E-state index contributed by atoms with van der Waals surface area (Å²) in [5.41, 5.74) is 1.50. The van der Waals surface area contributed by atoms with Gasteiger partial charge in [-0.3, -0.25) is 13.9 Å². The van der Waals surface area contributed by atoms with E-state index in [2.05, 4.69) is 5.32 Å². The average molecular weight is 622 g/mol. The number of benzene rings is 4. The molecule has 0 aliphatic heterocycles. The summed E-state index contributed by atoms with van der Waals surface area (Å²) in [5.74, 6) is -1.48. The van der Waals surface area contributed by atoms with Crippen molar-refractivity contribution >= 4 is 39.1 Å². The highest BCUT2D eigenvalue weighted by molar-refractivity contribution is 7.92. The molecule has 43 heavy (non-hydrogen) atoms. The first kappa shape index (κ1) is 31.7. The molecule has 1 unspecified atom stereocenters. The molecule has 224 valence electrons. The standard InChI is InChI=1S/C33H33ClFN3O4S/c1-24(2)36-33(40)31(21-25-11-5-3-6-12-25)37(22-26-17-19-27(35)20-18-26)32(39)23-38(30-16-10-9-15-29(30)34)43(41,42)28-13-7-4-8-14-28/h3-20,24,31H,21-23H2,1-2H3,(H,36,40). The quantitative estimate of drug-likeness (QED) is 0.215.